The predicted octanol–water partition coefficient (Wildman–Crippen LogP) is 4.22. The summed E-state index contributed by atoms with van der Waals surface area (Å²) in [6.45, 7) is 0. The third kappa shape index (κ3) is 4.32. The van der Waals surface area contributed by atoms with Crippen LogP contribution >= 0.6 is 11.3 Å². The van der Waals surface area contributed by atoms with E-state index in [9.17, 15) is 9.59 Å². The van der Waals surface area contributed by atoms with Gasteiger partial charge in [-0.25, -0.2) is 0 Å². The van der Waals surface area contributed by atoms with Crippen LogP contribution < -0.4 is 10.6 Å². The van der Waals surface area contributed by atoms with Crippen molar-refractivity contribution in [2.75, 3.05) is 10.6 Å². The number of carbonyl (C=O) groups is 2. The van der Waals surface area contributed by atoms with E-state index in [0.717, 1.165) is 24.1 Å². The average molecular weight is 340 g/mol. The molecule has 0 radical (unpaired) electrons. The molecular weight excluding hydrogens is 320 g/mol. The second kappa shape index (κ2) is 7.93. The molecule has 24 heavy (non-hydrogen) atoms. The van der Waals surface area contributed by atoms with Crippen LogP contribution in [0.25, 0.3) is 0 Å². The summed E-state index contributed by atoms with van der Waals surface area (Å²) in [4.78, 5) is 25.6. The molecule has 1 atom stereocenters. The highest BCUT2D eigenvalue weighted by Gasteiger charge is 2.19. The minimum atomic E-state index is -0.0836. The van der Waals surface area contributed by atoms with Crippen molar-refractivity contribution in [1.29, 1.82) is 0 Å². The van der Waals surface area contributed by atoms with E-state index in [0.29, 0.717) is 17.8 Å². The van der Waals surface area contributed by atoms with Crippen molar-refractivity contribution in [3.63, 3.8) is 0 Å². The monoisotopic (exact) mass is 340 g/mol. The van der Waals surface area contributed by atoms with Gasteiger partial charge >= 0.3 is 0 Å². The van der Waals surface area contributed by atoms with Crippen molar-refractivity contribution in [1.82, 2.24) is 0 Å². The second-order valence-electron chi connectivity index (χ2n) is 5.82. The molecule has 2 aromatic rings. The Balaban J connectivity index is 1.65. The number of hydrogen-bond donors (Lipinski definition) is 2. The number of thiophene rings is 1. The van der Waals surface area contributed by atoms with Gasteiger partial charge in [0.05, 0.1) is 17.8 Å². The van der Waals surface area contributed by atoms with Gasteiger partial charge in [-0.1, -0.05) is 30.4 Å². The molecule has 3 rings (SSSR count). The molecule has 0 aliphatic heterocycles. The third-order valence-electron chi connectivity index (χ3n) is 4.01. The number of allylic oxidation sites excluding steroid dienone is 2. The normalized spacial score (nSPS) is 16.6. The van der Waals surface area contributed by atoms with Crippen molar-refractivity contribution in [3.05, 3.63) is 58.8 Å². The minimum Gasteiger partial charge on any atom is -0.324 e. The highest BCUT2D eigenvalue weighted by molar-refractivity contribution is 7.10. The van der Waals surface area contributed by atoms with E-state index in [1.54, 1.807) is 11.3 Å². The summed E-state index contributed by atoms with van der Waals surface area (Å²) in [5.74, 6) is -0.0658. The standard InChI is InChI=1S/C19H20N2O2S/c22-18(13-15-9-6-12-24-15)20-16-10-4-5-11-17(16)21-19(23)14-7-2-1-3-8-14/h1-2,4-6,9-12,14H,3,7-8,13H2,(H,20,22)(H,21,23)/t14-/m1/s1. The van der Waals surface area contributed by atoms with Crippen LogP contribution in [0.1, 0.15) is 24.1 Å². The number of amides is 2. The minimum absolute atomic E-state index is 0.00452. The first-order valence-corrected chi connectivity index (χ1v) is 8.97. The maximum absolute atomic E-state index is 12.4. The van der Waals surface area contributed by atoms with Gasteiger partial charge in [-0.05, 0) is 42.8 Å². The summed E-state index contributed by atoms with van der Waals surface area (Å²) in [6, 6.07) is 11.2. The number of anilines is 2. The third-order valence-corrected chi connectivity index (χ3v) is 4.89. The van der Waals surface area contributed by atoms with Crippen LogP contribution in [-0.2, 0) is 16.0 Å². The largest absolute Gasteiger partial charge is 0.324 e. The van der Waals surface area contributed by atoms with Gasteiger partial charge in [-0.3, -0.25) is 9.59 Å². The zero-order chi connectivity index (χ0) is 16.8. The molecule has 1 aromatic carbocycles. The topological polar surface area (TPSA) is 58.2 Å². The first-order valence-electron chi connectivity index (χ1n) is 8.09. The molecule has 5 heteroatoms. The zero-order valence-corrected chi connectivity index (χ0v) is 14.1. The van der Waals surface area contributed by atoms with Gasteiger partial charge in [0.25, 0.3) is 0 Å². The first kappa shape index (κ1) is 16.5. The van der Waals surface area contributed by atoms with Gasteiger partial charge in [0, 0.05) is 10.8 Å². The van der Waals surface area contributed by atoms with E-state index in [4.69, 9.17) is 0 Å². The lowest BCUT2D eigenvalue weighted by Crippen LogP contribution is -2.24. The maximum Gasteiger partial charge on any atom is 0.229 e. The van der Waals surface area contributed by atoms with Crippen LogP contribution in [0.3, 0.4) is 0 Å². The molecule has 0 saturated heterocycles. The molecule has 1 heterocycles. The van der Waals surface area contributed by atoms with Crippen LogP contribution in [0.4, 0.5) is 11.4 Å². The Morgan fingerprint density at radius 2 is 1.83 bits per heavy atom. The Bertz CT molecular complexity index is 738. The molecule has 1 aliphatic carbocycles. The Kier molecular flexibility index (Phi) is 5.43. The second-order valence-corrected chi connectivity index (χ2v) is 6.85. The van der Waals surface area contributed by atoms with E-state index >= 15 is 0 Å². The van der Waals surface area contributed by atoms with Crippen molar-refractivity contribution < 1.29 is 9.59 Å². The molecule has 4 nitrogen and oxygen atoms in total. The summed E-state index contributed by atoms with van der Waals surface area (Å²) in [7, 11) is 0. The Morgan fingerprint density at radius 3 is 2.50 bits per heavy atom. The number of hydrogen-bond acceptors (Lipinski definition) is 3. The summed E-state index contributed by atoms with van der Waals surface area (Å²) < 4.78 is 0. The van der Waals surface area contributed by atoms with Gasteiger partial charge in [0.15, 0.2) is 0 Å². The Hall–Kier alpha value is -2.40. The van der Waals surface area contributed by atoms with E-state index in [1.165, 1.54) is 0 Å². The van der Waals surface area contributed by atoms with Crippen LogP contribution in [0.5, 0.6) is 0 Å². The van der Waals surface area contributed by atoms with E-state index in [1.807, 2.05) is 41.8 Å². The van der Waals surface area contributed by atoms with Crippen molar-refractivity contribution >= 4 is 34.5 Å². The lowest BCUT2D eigenvalue weighted by atomic mass is 9.93. The lowest BCUT2D eigenvalue weighted by molar-refractivity contribution is -0.120. The average Bonchev–Trinajstić information content (AvgIpc) is 3.10. The van der Waals surface area contributed by atoms with E-state index in [-0.39, 0.29) is 17.7 Å². The smallest absolute Gasteiger partial charge is 0.229 e. The first-order chi connectivity index (χ1) is 11.7. The van der Waals surface area contributed by atoms with Gasteiger partial charge in [-0.2, -0.15) is 0 Å². The predicted molar refractivity (Wildman–Crippen MR) is 98.2 cm³/mol. The van der Waals surface area contributed by atoms with Crippen LogP contribution in [0.15, 0.2) is 53.9 Å². The van der Waals surface area contributed by atoms with E-state index in [2.05, 4.69) is 22.8 Å². The Labute approximate surface area is 145 Å². The fraction of sp³-hybridized carbons (Fsp3) is 0.263. The van der Waals surface area contributed by atoms with Crippen LogP contribution in [0, 0.1) is 5.92 Å². The fourth-order valence-electron chi connectivity index (χ4n) is 2.73. The molecular formula is C19H20N2O2S. The number of rotatable bonds is 5. The fourth-order valence-corrected chi connectivity index (χ4v) is 3.44. The number of para-hydroxylation sites is 2. The van der Waals surface area contributed by atoms with Crippen LogP contribution in [0.2, 0.25) is 0 Å². The molecule has 124 valence electrons. The summed E-state index contributed by atoms with van der Waals surface area (Å²) >= 11 is 1.56. The molecule has 0 bridgehead atoms. The molecule has 0 unspecified atom stereocenters. The highest BCUT2D eigenvalue weighted by Crippen LogP contribution is 2.25. The van der Waals surface area contributed by atoms with Crippen molar-refractivity contribution in [2.45, 2.75) is 25.7 Å². The molecule has 2 amide bonds. The summed E-state index contributed by atoms with van der Waals surface area (Å²) in [5.41, 5.74) is 1.29. The molecule has 0 spiro atoms. The highest BCUT2D eigenvalue weighted by atomic mass is 32.1. The SMILES string of the molecule is O=C(Cc1cccs1)Nc1ccccc1NC(=O)[C@@H]1CC=CCC1. The summed E-state index contributed by atoms with van der Waals surface area (Å²) in [6.07, 6.45) is 7.10. The molecule has 1 aliphatic rings. The van der Waals surface area contributed by atoms with Gasteiger partial charge in [-0.15, -0.1) is 11.3 Å². The Morgan fingerprint density at radius 1 is 1.04 bits per heavy atom. The summed E-state index contributed by atoms with van der Waals surface area (Å²) in [5, 5.41) is 7.81. The molecule has 2 N–H and O–H groups in total. The molecule has 0 saturated carbocycles. The van der Waals surface area contributed by atoms with Gasteiger partial charge in [0.1, 0.15) is 0 Å². The molecule has 1 aromatic heterocycles. The quantitative estimate of drug-likeness (QED) is 0.801. The van der Waals surface area contributed by atoms with Crippen molar-refractivity contribution in [2.24, 2.45) is 5.92 Å². The van der Waals surface area contributed by atoms with E-state index < -0.39 is 0 Å². The van der Waals surface area contributed by atoms with Gasteiger partial charge < -0.3 is 10.6 Å². The molecule has 0 fully saturated rings. The lowest BCUT2D eigenvalue weighted by Gasteiger charge is -2.19. The maximum atomic E-state index is 12.4. The van der Waals surface area contributed by atoms with Crippen molar-refractivity contribution in [3.8, 4) is 0 Å². The van der Waals surface area contributed by atoms with Gasteiger partial charge in [0.2, 0.25) is 11.8 Å². The number of nitrogens with one attached hydrogen (secondary N) is 2. The number of benzene rings is 1. The number of carbonyl (C=O) groups excluding carboxylic acids is 2. The zero-order valence-electron chi connectivity index (χ0n) is 13.3. The van der Waals surface area contributed by atoms with Crippen LogP contribution in [-0.4, -0.2) is 11.8 Å².